The molecule has 2 atom stereocenters. The van der Waals surface area contributed by atoms with Crippen molar-refractivity contribution in [2.75, 3.05) is 0 Å². The summed E-state index contributed by atoms with van der Waals surface area (Å²) in [6.45, 7) is 0. The Bertz CT molecular complexity index is 1200. The lowest BCUT2D eigenvalue weighted by molar-refractivity contribution is 0.0836. The minimum Gasteiger partial charge on any atom is -0.508 e. The van der Waals surface area contributed by atoms with Crippen molar-refractivity contribution in [2.45, 2.75) is 18.6 Å². The van der Waals surface area contributed by atoms with Crippen LogP contribution >= 0.6 is 0 Å². The Kier molecular flexibility index (Phi) is 4.97. The highest BCUT2D eigenvalue weighted by Gasteiger charge is 2.35. The maximum atomic E-state index is 12.8. The fourth-order valence-corrected chi connectivity index (χ4v) is 3.60. The lowest BCUT2D eigenvalue weighted by atomic mass is 9.91. The number of hydrogen-bond donors (Lipinski definition) is 8. The molecule has 3 aromatic rings. The van der Waals surface area contributed by atoms with Crippen LogP contribution in [0.5, 0.6) is 46.0 Å². The Morgan fingerprint density at radius 3 is 2.16 bits per heavy atom. The molecule has 1 aliphatic heterocycles. The smallest absolute Gasteiger partial charge is 0.251 e. The third kappa shape index (κ3) is 3.69. The zero-order valence-corrected chi connectivity index (χ0v) is 16.4. The van der Waals surface area contributed by atoms with Gasteiger partial charge in [-0.1, -0.05) is 6.07 Å². The minimum absolute atomic E-state index is 0.0650. The molecule has 0 saturated carbocycles. The van der Waals surface area contributed by atoms with Crippen molar-refractivity contribution in [1.82, 2.24) is 5.32 Å². The van der Waals surface area contributed by atoms with Crippen LogP contribution < -0.4 is 10.1 Å². The first kappa shape index (κ1) is 20.8. The number of phenolic OH excluding ortho intramolecular Hbond substituents is 7. The Morgan fingerprint density at radius 1 is 0.812 bits per heavy atom. The van der Waals surface area contributed by atoms with Crippen LogP contribution in [0, 0.1) is 0 Å². The number of hydrogen-bond acceptors (Lipinski definition) is 9. The molecule has 3 aromatic carbocycles. The van der Waals surface area contributed by atoms with E-state index in [0.29, 0.717) is 11.1 Å². The van der Waals surface area contributed by atoms with Crippen molar-refractivity contribution in [3.8, 4) is 46.0 Å². The number of amides is 1. The topological polar surface area (TPSA) is 180 Å². The predicted molar refractivity (Wildman–Crippen MR) is 109 cm³/mol. The van der Waals surface area contributed by atoms with E-state index in [-0.39, 0.29) is 35.0 Å². The molecule has 4 rings (SSSR count). The molecule has 10 heteroatoms. The number of nitrogens with one attached hydrogen (secondary N) is 1. The van der Waals surface area contributed by atoms with Gasteiger partial charge >= 0.3 is 0 Å². The molecule has 10 nitrogen and oxygen atoms in total. The largest absolute Gasteiger partial charge is 0.508 e. The highest BCUT2D eigenvalue weighted by Crippen LogP contribution is 2.43. The highest BCUT2D eigenvalue weighted by atomic mass is 16.5. The number of fused-ring (bicyclic) bond motifs is 1. The summed E-state index contributed by atoms with van der Waals surface area (Å²) >= 11 is 0. The first-order valence-electron chi connectivity index (χ1n) is 9.43. The van der Waals surface area contributed by atoms with Crippen LogP contribution in [0.2, 0.25) is 0 Å². The Balaban J connectivity index is 1.72. The molecule has 0 bridgehead atoms. The number of ether oxygens (including phenoxy) is 1. The monoisotopic (exact) mass is 441 g/mol. The molecule has 1 aliphatic rings. The lowest BCUT2D eigenvalue weighted by Gasteiger charge is -2.35. The third-order valence-corrected chi connectivity index (χ3v) is 5.19. The van der Waals surface area contributed by atoms with Crippen LogP contribution in [-0.4, -0.2) is 47.7 Å². The van der Waals surface area contributed by atoms with E-state index in [0.717, 1.165) is 18.2 Å². The van der Waals surface area contributed by atoms with Gasteiger partial charge in [-0.3, -0.25) is 4.79 Å². The van der Waals surface area contributed by atoms with E-state index in [4.69, 9.17) is 4.74 Å². The van der Waals surface area contributed by atoms with Gasteiger partial charge in [0.2, 0.25) is 0 Å². The quantitative estimate of drug-likeness (QED) is 0.282. The van der Waals surface area contributed by atoms with Gasteiger partial charge in [0.1, 0.15) is 23.4 Å². The van der Waals surface area contributed by atoms with Gasteiger partial charge in [0.25, 0.3) is 5.91 Å². The van der Waals surface area contributed by atoms with Crippen molar-refractivity contribution >= 4 is 5.91 Å². The summed E-state index contributed by atoms with van der Waals surface area (Å²) in [7, 11) is 0. The molecule has 0 unspecified atom stereocenters. The number of phenols is 7. The van der Waals surface area contributed by atoms with Crippen LogP contribution in [-0.2, 0) is 6.42 Å². The molecule has 32 heavy (non-hydrogen) atoms. The molecule has 0 spiro atoms. The summed E-state index contributed by atoms with van der Waals surface area (Å²) < 4.78 is 5.92. The van der Waals surface area contributed by atoms with Gasteiger partial charge in [-0.15, -0.1) is 0 Å². The first-order chi connectivity index (χ1) is 15.1. The van der Waals surface area contributed by atoms with E-state index >= 15 is 0 Å². The van der Waals surface area contributed by atoms with E-state index in [1.807, 2.05) is 0 Å². The van der Waals surface area contributed by atoms with Gasteiger partial charge in [0.15, 0.2) is 28.7 Å². The Labute approximate surface area is 180 Å². The molecule has 166 valence electrons. The summed E-state index contributed by atoms with van der Waals surface area (Å²) in [4.78, 5) is 12.8. The molecule has 0 saturated heterocycles. The SMILES string of the molecule is O=C(N[C@@H]1Cc2c(O)cc(O)cc2O[C@@H]1c1ccc(O)c(O)c1)c1cc(O)c(O)c(O)c1. The van der Waals surface area contributed by atoms with Gasteiger partial charge < -0.3 is 45.8 Å². The molecular formula is C22H19NO9. The average Bonchev–Trinajstić information content (AvgIpc) is 2.73. The second-order valence-corrected chi connectivity index (χ2v) is 7.38. The first-order valence-corrected chi connectivity index (χ1v) is 9.43. The molecule has 0 aromatic heterocycles. The highest BCUT2D eigenvalue weighted by molar-refractivity contribution is 5.95. The zero-order chi connectivity index (χ0) is 23.2. The number of carbonyl (C=O) groups excluding carboxylic acids is 1. The molecular weight excluding hydrogens is 422 g/mol. The summed E-state index contributed by atoms with van der Waals surface area (Å²) in [5, 5.41) is 71.1. The average molecular weight is 441 g/mol. The van der Waals surface area contributed by atoms with Gasteiger partial charge in [-0.2, -0.15) is 0 Å². The van der Waals surface area contributed by atoms with Gasteiger partial charge in [-0.25, -0.2) is 0 Å². The van der Waals surface area contributed by atoms with Crippen LogP contribution in [0.15, 0.2) is 42.5 Å². The summed E-state index contributed by atoms with van der Waals surface area (Å²) in [6.07, 6.45) is -0.839. The van der Waals surface area contributed by atoms with Gasteiger partial charge in [0, 0.05) is 29.7 Å². The molecule has 1 amide bonds. The maximum Gasteiger partial charge on any atom is 0.251 e. The van der Waals surface area contributed by atoms with E-state index < -0.39 is 41.1 Å². The molecule has 8 N–H and O–H groups in total. The molecule has 0 aliphatic carbocycles. The van der Waals surface area contributed by atoms with E-state index in [2.05, 4.69) is 5.32 Å². The van der Waals surface area contributed by atoms with Crippen LogP contribution in [0.1, 0.15) is 27.6 Å². The standard InChI is InChI=1S/C22H19NO9/c24-11-6-15(26)12-8-13(23-22(31)10-4-17(28)20(30)18(29)5-10)21(32-19(12)7-11)9-1-2-14(25)16(27)3-9/h1-7,13,21,24-30H,8H2,(H,23,31)/t13-,21-/m1/s1. The third-order valence-electron chi connectivity index (χ3n) is 5.19. The second kappa shape index (κ2) is 7.65. The van der Waals surface area contributed by atoms with Crippen molar-refractivity contribution in [1.29, 1.82) is 0 Å². The zero-order valence-electron chi connectivity index (χ0n) is 16.4. The summed E-state index contributed by atoms with van der Waals surface area (Å²) in [6, 6.07) is 7.54. The predicted octanol–water partition coefficient (Wildman–Crippen LogP) is 2.10. The fraction of sp³-hybridized carbons (Fsp3) is 0.136. The lowest BCUT2D eigenvalue weighted by Crippen LogP contribution is -2.45. The van der Waals surface area contributed by atoms with Crippen LogP contribution in [0.4, 0.5) is 0 Å². The van der Waals surface area contributed by atoms with E-state index in [1.54, 1.807) is 0 Å². The molecule has 0 fully saturated rings. The van der Waals surface area contributed by atoms with Gasteiger partial charge in [0.05, 0.1) is 6.04 Å². The Hall–Kier alpha value is -4.47. The van der Waals surface area contributed by atoms with Crippen molar-refractivity contribution in [2.24, 2.45) is 0 Å². The van der Waals surface area contributed by atoms with E-state index in [9.17, 15) is 40.5 Å². The van der Waals surface area contributed by atoms with Crippen molar-refractivity contribution in [3.63, 3.8) is 0 Å². The van der Waals surface area contributed by atoms with Crippen molar-refractivity contribution in [3.05, 3.63) is 59.2 Å². The number of carbonyl (C=O) groups is 1. The molecule has 1 heterocycles. The Morgan fingerprint density at radius 2 is 1.50 bits per heavy atom. The summed E-state index contributed by atoms with van der Waals surface area (Å²) in [5.74, 6) is -3.92. The number of rotatable bonds is 3. The number of aromatic hydroxyl groups is 7. The van der Waals surface area contributed by atoms with Crippen LogP contribution in [0.25, 0.3) is 0 Å². The van der Waals surface area contributed by atoms with Crippen molar-refractivity contribution < 1.29 is 45.3 Å². The summed E-state index contributed by atoms with van der Waals surface area (Å²) in [5.41, 5.74) is 0.560. The molecule has 0 radical (unpaired) electrons. The number of benzene rings is 3. The minimum atomic E-state index is -0.904. The normalized spacial score (nSPS) is 17.2. The van der Waals surface area contributed by atoms with Gasteiger partial charge in [-0.05, 0) is 29.8 Å². The van der Waals surface area contributed by atoms with E-state index in [1.165, 1.54) is 24.3 Å². The second-order valence-electron chi connectivity index (χ2n) is 7.38. The fourth-order valence-electron chi connectivity index (χ4n) is 3.60. The van der Waals surface area contributed by atoms with Crippen LogP contribution in [0.3, 0.4) is 0 Å². The maximum absolute atomic E-state index is 12.8.